The van der Waals surface area contributed by atoms with Crippen LogP contribution in [-0.2, 0) is 15.1 Å². The van der Waals surface area contributed by atoms with E-state index in [-0.39, 0.29) is 17.5 Å². The van der Waals surface area contributed by atoms with Gasteiger partial charge in [0.1, 0.15) is 0 Å². The van der Waals surface area contributed by atoms with Gasteiger partial charge in [-0.2, -0.15) is 0 Å². The number of nitrogens with two attached hydrogens (primary N) is 1. The van der Waals surface area contributed by atoms with E-state index in [0.29, 0.717) is 6.54 Å². The van der Waals surface area contributed by atoms with Gasteiger partial charge >= 0.3 is 0 Å². The van der Waals surface area contributed by atoms with Gasteiger partial charge in [-0.15, -0.1) is 0 Å². The van der Waals surface area contributed by atoms with Crippen molar-refractivity contribution >= 4 is 17.5 Å². The zero-order valence-corrected chi connectivity index (χ0v) is 14.1. The first kappa shape index (κ1) is 15.6. The van der Waals surface area contributed by atoms with Gasteiger partial charge < -0.3 is 5.73 Å². The van der Waals surface area contributed by atoms with Crippen molar-refractivity contribution in [3.8, 4) is 0 Å². The maximum absolute atomic E-state index is 12.7. The summed E-state index contributed by atoms with van der Waals surface area (Å²) in [4.78, 5) is 30.4. The Hall–Kier alpha value is -1.92. The SMILES string of the molecule is CN(C)C1(c2ccc(N3C(=O)[C@@H]4[CH]CCN4C3C(N)=O)cc2)CC1. The fraction of sp³-hybridized carbons (Fsp3) is 0.500. The molecule has 2 saturated heterocycles. The number of primary amides is 1. The molecule has 4 rings (SSSR count). The molecule has 24 heavy (non-hydrogen) atoms. The van der Waals surface area contributed by atoms with Crippen LogP contribution < -0.4 is 10.6 Å². The van der Waals surface area contributed by atoms with Crippen LogP contribution in [-0.4, -0.2) is 54.5 Å². The van der Waals surface area contributed by atoms with Crippen molar-refractivity contribution in [1.29, 1.82) is 0 Å². The molecule has 6 heteroatoms. The second-order valence-electron chi connectivity index (χ2n) is 7.16. The van der Waals surface area contributed by atoms with Crippen molar-refractivity contribution in [2.45, 2.75) is 37.0 Å². The first-order valence-electron chi connectivity index (χ1n) is 8.45. The van der Waals surface area contributed by atoms with Crippen LogP contribution in [0.4, 0.5) is 5.69 Å². The van der Waals surface area contributed by atoms with Crippen molar-refractivity contribution in [1.82, 2.24) is 9.80 Å². The van der Waals surface area contributed by atoms with E-state index >= 15 is 0 Å². The van der Waals surface area contributed by atoms with E-state index in [9.17, 15) is 9.59 Å². The van der Waals surface area contributed by atoms with E-state index in [1.807, 2.05) is 23.5 Å². The molecule has 127 valence electrons. The highest BCUT2D eigenvalue weighted by Gasteiger charge is 2.51. The number of rotatable bonds is 4. The quantitative estimate of drug-likeness (QED) is 0.883. The molecule has 1 aromatic carbocycles. The zero-order valence-electron chi connectivity index (χ0n) is 14.1. The minimum atomic E-state index is -0.684. The molecule has 2 aliphatic heterocycles. The number of anilines is 1. The maximum Gasteiger partial charge on any atom is 0.255 e. The number of hydrogen-bond donors (Lipinski definition) is 1. The van der Waals surface area contributed by atoms with Crippen LogP contribution in [0.25, 0.3) is 0 Å². The monoisotopic (exact) mass is 327 g/mol. The van der Waals surface area contributed by atoms with Gasteiger partial charge in [0.05, 0.1) is 6.04 Å². The fourth-order valence-electron chi connectivity index (χ4n) is 4.19. The summed E-state index contributed by atoms with van der Waals surface area (Å²) >= 11 is 0. The van der Waals surface area contributed by atoms with Crippen LogP contribution in [0.1, 0.15) is 24.8 Å². The summed E-state index contributed by atoms with van der Waals surface area (Å²) in [5, 5.41) is 0. The molecule has 3 aliphatic rings. The van der Waals surface area contributed by atoms with Gasteiger partial charge in [0.15, 0.2) is 6.17 Å². The van der Waals surface area contributed by atoms with Crippen LogP contribution in [0.3, 0.4) is 0 Å². The maximum atomic E-state index is 12.7. The normalized spacial score (nSPS) is 28.5. The Labute approximate surface area is 142 Å². The Morgan fingerprint density at radius 2 is 1.92 bits per heavy atom. The van der Waals surface area contributed by atoms with Crippen molar-refractivity contribution in [3.05, 3.63) is 36.2 Å². The lowest BCUT2D eigenvalue weighted by molar-refractivity contribution is -0.122. The van der Waals surface area contributed by atoms with Gasteiger partial charge in [-0.25, -0.2) is 0 Å². The average Bonchev–Trinajstić information content (AvgIpc) is 3.15. The predicted octanol–water partition coefficient (Wildman–Crippen LogP) is 0.674. The third kappa shape index (κ3) is 2.09. The van der Waals surface area contributed by atoms with Crippen LogP contribution in [0.5, 0.6) is 0 Å². The van der Waals surface area contributed by atoms with Gasteiger partial charge in [-0.1, -0.05) is 12.1 Å². The first-order chi connectivity index (χ1) is 11.5. The van der Waals surface area contributed by atoms with Crippen LogP contribution in [0.15, 0.2) is 24.3 Å². The van der Waals surface area contributed by atoms with Crippen LogP contribution >= 0.6 is 0 Å². The molecule has 1 unspecified atom stereocenters. The summed E-state index contributed by atoms with van der Waals surface area (Å²) in [6.45, 7) is 0.697. The highest BCUT2D eigenvalue weighted by molar-refractivity contribution is 6.06. The van der Waals surface area contributed by atoms with Gasteiger partial charge in [-0.05, 0) is 57.5 Å². The minimum absolute atomic E-state index is 0.0576. The molecule has 0 bridgehead atoms. The fourth-order valence-corrected chi connectivity index (χ4v) is 4.19. The summed E-state index contributed by atoms with van der Waals surface area (Å²) < 4.78 is 0. The highest BCUT2D eigenvalue weighted by Crippen LogP contribution is 2.50. The molecular formula is C18H23N4O2. The number of nitrogens with zero attached hydrogens (tertiary/aromatic N) is 3. The van der Waals surface area contributed by atoms with E-state index in [1.54, 1.807) is 4.90 Å². The summed E-state index contributed by atoms with van der Waals surface area (Å²) in [5.41, 5.74) is 7.72. The predicted molar refractivity (Wildman–Crippen MR) is 90.9 cm³/mol. The summed E-state index contributed by atoms with van der Waals surface area (Å²) in [6, 6.07) is 7.70. The van der Waals surface area contributed by atoms with E-state index in [2.05, 4.69) is 31.1 Å². The number of benzene rings is 1. The van der Waals surface area contributed by atoms with E-state index in [1.165, 1.54) is 5.56 Å². The van der Waals surface area contributed by atoms with Crippen molar-refractivity contribution in [2.24, 2.45) is 5.73 Å². The lowest BCUT2D eigenvalue weighted by atomic mass is 10.0. The summed E-state index contributed by atoms with van der Waals surface area (Å²) in [5.74, 6) is -0.532. The van der Waals surface area contributed by atoms with Gasteiger partial charge in [0.2, 0.25) is 5.91 Å². The topological polar surface area (TPSA) is 69.9 Å². The number of amides is 2. The van der Waals surface area contributed by atoms with E-state index < -0.39 is 12.1 Å². The molecular weight excluding hydrogens is 304 g/mol. The Bertz CT molecular complexity index is 681. The van der Waals surface area contributed by atoms with Crippen molar-refractivity contribution < 1.29 is 9.59 Å². The number of carbonyl (C=O) groups is 2. The van der Waals surface area contributed by atoms with Gasteiger partial charge in [0, 0.05) is 17.8 Å². The van der Waals surface area contributed by atoms with E-state index in [4.69, 9.17) is 5.73 Å². The lowest BCUT2D eigenvalue weighted by Crippen LogP contribution is -2.49. The number of hydrogen-bond acceptors (Lipinski definition) is 4. The Morgan fingerprint density at radius 1 is 1.25 bits per heavy atom. The smallest absolute Gasteiger partial charge is 0.255 e. The van der Waals surface area contributed by atoms with Gasteiger partial charge in [-0.3, -0.25) is 24.3 Å². The van der Waals surface area contributed by atoms with E-state index in [0.717, 1.165) is 24.9 Å². The first-order valence-corrected chi connectivity index (χ1v) is 8.45. The summed E-state index contributed by atoms with van der Waals surface area (Å²) in [6.07, 6.45) is 4.40. The van der Waals surface area contributed by atoms with Gasteiger partial charge in [0.25, 0.3) is 5.91 Å². The largest absolute Gasteiger partial charge is 0.367 e. The standard InChI is InChI=1S/C18H23N4O2/c1-20(2)18(9-10-18)12-5-7-13(8-6-12)22-16(15(19)23)21-11-3-4-14(21)17(22)24/h4-8,14,16H,3,9-11H2,1-2H3,(H2,19,23)/t14-,16?/m0/s1. The minimum Gasteiger partial charge on any atom is -0.367 e. The second kappa shape index (κ2) is 5.29. The number of fused-ring (bicyclic) bond motifs is 1. The van der Waals surface area contributed by atoms with Crippen LogP contribution in [0.2, 0.25) is 0 Å². The van der Waals surface area contributed by atoms with Crippen LogP contribution in [0, 0.1) is 6.42 Å². The Morgan fingerprint density at radius 3 is 2.46 bits per heavy atom. The second-order valence-corrected chi connectivity index (χ2v) is 7.16. The third-order valence-electron chi connectivity index (χ3n) is 5.70. The molecule has 6 nitrogen and oxygen atoms in total. The number of carbonyl (C=O) groups excluding carboxylic acids is 2. The molecule has 2 amide bonds. The zero-order chi connectivity index (χ0) is 17.1. The Kier molecular flexibility index (Phi) is 3.44. The highest BCUT2D eigenvalue weighted by atomic mass is 16.2. The molecule has 1 aromatic rings. The molecule has 1 saturated carbocycles. The van der Waals surface area contributed by atoms with Crippen molar-refractivity contribution in [3.63, 3.8) is 0 Å². The molecule has 2 heterocycles. The molecule has 0 aromatic heterocycles. The lowest BCUT2D eigenvalue weighted by Gasteiger charge is -2.28. The Balaban J connectivity index is 1.65. The van der Waals surface area contributed by atoms with Crippen molar-refractivity contribution in [2.75, 3.05) is 25.5 Å². The molecule has 3 fully saturated rings. The third-order valence-corrected chi connectivity index (χ3v) is 5.70. The molecule has 2 atom stereocenters. The average molecular weight is 327 g/mol. The molecule has 1 aliphatic carbocycles. The molecule has 0 spiro atoms. The summed E-state index contributed by atoms with van der Waals surface area (Å²) in [7, 11) is 4.19. The molecule has 1 radical (unpaired) electrons. The molecule has 2 N–H and O–H groups in total.